The summed E-state index contributed by atoms with van der Waals surface area (Å²) in [6, 6.07) is 28.3. The molecule has 0 aromatic heterocycles. The molecule has 0 aliphatic carbocycles. The minimum atomic E-state index is -3.84. The molecule has 0 fully saturated rings. The number of sulfonamides is 1. The van der Waals surface area contributed by atoms with Crippen LogP contribution in [-0.4, -0.2) is 28.0 Å². The van der Waals surface area contributed by atoms with Gasteiger partial charge in [0.05, 0.1) is 29.9 Å². The Morgan fingerprint density at radius 3 is 2.16 bits per heavy atom. The highest BCUT2D eigenvalue weighted by molar-refractivity contribution is 7.92. The zero-order valence-corrected chi connectivity index (χ0v) is 22.4. The van der Waals surface area contributed by atoms with Crippen molar-refractivity contribution < 1.29 is 22.7 Å². The van der Waals surface area contributed by atoms with Crippen LogP contribution >= 0.6 is 0 Å². The predicted molar refractivity (Wildman–Crippen MR) is 149 cm³/mol. The largest absolute Gasteiger partial charge is 0.495 e. The number of anilines is 2. The van der Waals surface area contributed by atoms with Gasteiger partial charge >= 0.3 is 0 Å². The molecule has 8 heteroatoms. The van der Waals surface area contributed by atoms with Crippen LogP contribution in [0.25, 0.3) is 0 Å². The number of rotatable bonds is 10. The number of nitrogens with one attached hydrogen (secondary N) is 1. The lowest BCUT2D eigenvalue weighted by Crippen LogP contribution is -2.30. The number of hydrogen-bond donors (Lipinski definition) is 1. The van der Waals surface area contributed by atoms with Gasteiger partial charge in [0.25, 0.3) is 15.9 Å². The van der Waals surface area contributed by atoms with Crippen LogP contribution < -0.4 is 19.1 Å². The van der Waals surface area contributed by atoms with Gasteiger partial charge in [0, 0.05) is 0 Å². The number of carbonyl (C=O) groups is 1. The van der Waals surface area contributed by atoms with Gasteiger partial charge in [-0.2, -0.15) is 0 Å². The zero-order chi connectivity index (χ0) is 27.1. The summed E-state index contributed by atoms with van der Waals surface area (Å²) >= 11 is 0. The average molecular weight is 531 g/mol. The van der Waals surface area contributed by atoms with E-state index < -0.39 is 10.0 Å². The van der Waals surface area contributed by atoms with E-state index >= 15 is 0 Å². The summed E-state index contributed by atoms with van der Waals surface area (Å²) in [6.07, 6.45) is 0. The second-order valence-corrected chi connectivity index (χ2v) is 10.7. The second kappa shape index (κ2) is 11.8. The van der Waals surface area contributed by atoms with E-state index in [-0.39, 0.29) is 24.0 Å². The molecule has 4 aromatic carbocycles. The molecule has 196 valence electrons. The highest BCUT2D eigenvalue weighted by Gasteiger charge is 2.25. The maximum absolute atomic E-state index is 13.6. The van der Waals surface area contributed by atoms with Gasteiger partial charge in [0.15, 0.2) is 6.61 Å². The van der Waals surface area contributed by atoms with Crippen molar-refractivity contribution in [3.05, 3.63) is 114 Å². The quantitative estimate of drug-likeness (QED) is 0.283. The van der Waals surface area contributed by atoms with Crippen LogP contribution in [0.1, 0.15) is 16.7 Å². The molecule has 0 aliphatic rings. The van der Waals surface area contributed by atoms with Crippen molar-refractivity contribution >= 4 is 27.3 Å². The van der Waals surface area contributed by atoms with Crippen molar-refractivity contribution in [3.63, 3.8) is 0 Å². The van der Waals surface area contributed by atoms with Gasteiger partial charge in [-0.1, -0.05) is 54.1 Å². The molecule has 1 amide bonds. The average Bonchev–Trinajstić information content (AvgIpc) is 2.92. The van der Waals surface area contributed by atoms with E-state index in [0.29, 0.717) is 22.9 Å². The first-order valence-corrected chi connectivity index (χ1v) is 13.5. The SMILES string of the molecule is COc1ccc(C)cc1NC(=O)COc1ccc(N(Cc2ccccc2)S(=O)(=O)c2ccc(C)cc2)cc1. The maximum Gasteiger partial charge on any atom is 0.264 e. The Morgan fingerprint density at radius 2 is 1.50 bits per heavy atom. The van der Waals surface area contributed by atoms with Crippen LogP contribution in [0.5, 0.6) is 11.5 Å². The lowest BCUT2D eigenvalue weighted by Gasteiger charge is -2.25. The van der Waals surface area contributed by atoms with Gasteiger partial charge < -0.3 is 14.8 Å². The number of benzene rings is 4. The van der Waals surface area contributed by atoms with E-state index in [0.717, 1.165) is 16.7 Å². The Hall–Kier alpha value is -4.30. The molecule has 0 aliphatic heterocycles. The van der Waals surface area contributed by atoms with Crippen molar-refractivity contribution in [1.82, 2.24) is 0 Å². The maximum atomic E-state index is 13.6. The molecule has 4 rings (SSSR count). The van der Waals surface area contributed by atoms with Crippen LogP contribution in [-0.2, 0) is 21.4 Å². The molecule has 0 saturated carbocycles. The van der Waals surface area contributed by atoms with E-state index in [4.69, 9.17) is 9.47 Å². The highest BCUT2D eigenvalue weighted by atomic mass is 32.2. The first-order valence-electron chi connectivity index (χ1n) is 12.1. The van der Waals surface area contributed by atoms with Crippen LogP contribution in [0, 0.1) is 13.8 Å². The van der Waals surface area contributed by atoms with Crippen molar-refractivity contribution in [1.29, 1.82) is 0 Å². The molecule has 4 aromatic rings. The molecule has 0 radical (unpaired) electrons. The topological polar surface area (TPSA) is 84.9 Å². The van der Waals surface area contributed by atoms with Gasteiger partial charge in [-0.15, -0.1) is 0 Å². The van der Waals surface area contributed by atoms with Gasteiger partial charge in [-0.05, 0) is 73.5 Å². The Labute approximate surface area is 223 Å². The summed E-state index contributed by atoms with van der Waals surface area (Å²) in [5.74, 6) is 0.653. The van der Waals surface area contributed by atoms with E-state index in [9.17, 15) is 13.2 Å². The number of ether oxygens (including phenoxy) is 2. The molecule has 0 unspecified atom stereocenters. The molecule has 38 heavy (non-hydrogen) atoms. The molecule has 1 N–H and O–H groups in total. The third-order valence-corrected chi connectivity index (χ3v) is 7.69. The van der Waals surface area contributed by atoms with Crippen LogP contribution in [0.15, 0.2) is 102 Å². The summed E-state index contributed by atoms with van der Waals surface area (Å²) in [7, 11) is -2.30. The lowest BCUT2D eigenvalue weighted by atomic mass is 10.2. The Balaban J connectivity index is 1.51. The standard InChI is InChI=1S/C30H30N2O5S/c1-22-9-16-27(17-10-22)38(34,35)32(20-24-7-5-4-6-8-24)25-12-14-26(15-13-25)37-21-30(33)31-28-19-23(2)11-18-29(28)36-3/h4-19H,20-21H2,1-3H3,(H,31,33). The normalized spacial score (nSPS) is 11.0. The monoisotopic (exact) mass is 530 g/mol. The molecular weight excluding hydrogens is 500 g/mol. The van der Waals surface area contributed by atoms with E-state index in [1.54, 1.807) is 61.7 Å². The second-order valence-electron chi connectivity index (χ2n) is 8.84. The number of hydrogen-bond acceptors (Lipinski definition) is 5. The zero-order valence-electron chi connectivity index (χ0n) is 21.5. The fourth-order valence-electron chi connectivity index (χ4n) is 3.87. The van der Waals surface area contributed by atoms with Crippen molar-refractivity contribution in [2.45, 2.75) is 25.3 Å². The van der Waals surface area contributed by atoms with Gasteiger partial charge in [0.1, 0.15) is 11.5 Å². The number of aryl methyl sites for hydroxylation is 2. The minimum absolute atomic E-state index is 0.165. The molecule has 0 bridgehead atoms. The third kappa shape index (κ3) is 6.52. The predicted octanol–water partition coefficient (Wildman–Crippen LogP) is 5.73. The summed E-state index contributed by atoms with van der Waals surface area (Å²) in [6.45, 7) is 3.78. The minimum Gasteiger partial charge on any atom is -0.495 e. The van der Waals surface area contributed by atoms with Crippen LogP contribution in [0.3, 0.4) is 0 Å². The Bertz CT molecular complexity index is 1490. The van der Waals surface area contributed by atoms with Crippen molar-refractivity contribution in [2.24, 2.45) is 0 Å². The lowest BCUT2D eigenvalue weighted by molar-refractivity contribution is -0.118. The molecular formula is C30H30N2O5S. The first-order chi connectivity index (χ1) is 18.3. The van der Waals surface area contributed by atoms with E-state index in [1.165, 1.54) is 4.31 Å². The summed E-state index contributed by atoms with van der Waals surface area (Å²) in [4.78, 5) is 12.7. The summed E-state index contributed by atoms with van der Waals surface area (Å²) < 4.78 is 39.6. The third-order valence-electron chi connectivity index (χ3n) is 5.90. The summed E-state index contributed by atoms with van der Waals surface area (Å²) in [5, 5.41) is 2.79. The van der Waals surface area contributed by atoms with E-state index in [2.05, 4.69) is 5.32 Å². The molecule has 0 saturated heterocycles. The van der Waals surface area contributed by atoms with E-state index in [1.807, 2.05) is 56.3 Å². The fraction of sp³-hybridized carbons (Fsp3) is 0.167. The molecule has 0 spiro atoms. The number of amides is 1. The highest BCUT2D eigenvalue weighted by Crippen LogP contribution is 2.28. The van der Waals surface area contributed by atoms with Crippen molar-refractivity contribution in [3.8, 4) is 11.5 Å². The summed E-state index contributed by atoms with van der Waals surface area (Å²) in [5.41, 5.74) is 3.86. The van der Waals surface area contributed by atoms with Gasteiger partial charge in [-0.3, -0.25) is 9.10 Å². The van der Waals surface area contributed by atoms with Crippen molar-refractivity contribution in [2.75, 3.05) is 23.3 Å². The smallest absolute Gasteiger partial charge is 0.264 e. The molecule has 7 nitrogen and oxygen atoms in total. The Kier molecular flexibility index (Phi) is 8.33. The fourth-order valence-corrected chi connectivity index (χ4v) is 5.32. The number of carbonyl (C=O) groups excluding carboxylic acids is 1. The van der Waals surface area contributed by atoms with Crippen LogP contribution in [0.4, 0.5) is 11.4 Å². The van der Waals surface area contributed by atoms with Crippen LogP contribution in [0.2, 0.25) is 0 Å². The molecule has 0 atom stereocenters. The molecule has 0 heterocycles. The first kappa shape index (κ1) is 26.8. The van der Waals surface area contributed by atoms with Gasteiger partial charge in [0.2, 0.25) is 0 Å². The Morgan fingerprint density at radius 1 is 0.842 bits per heavy atom. The number of nitrogens with zero attached hydrogens (tertiary/aromatic N) is 1. The number of methoxy groups -OCH3 is 1. The van der Waals surface area contributed by atoms with Gasteiger partial charge in [-0.25, -0.2) is 8.42 Å².